The number of anilines is 2. The SMILES string of the molecule is CN1CCc2ccc(NC(=O)Nc3cccc4ccccc34)cc2C1. The van der Waals surface area contributed by atoms with Gasteiger partial charge in [0.1, 0.15) is 0 Å². The lowest BCUT2D eigenvalue weighted by Crippen LogP contribution is -2.27. The zero-order valence-electron chi connectivity index (χ0n) is 14.3. The Morgan fingerprint density at radius 2 is 1.80 bits per heavy atom. The molecule has 0 unspecified atom stereocenters. The second-order valence-corrected chi connectivity index (χ2v) is 6.58. The first kappa shape index (κ1) is 15.7. The van der Waals surface area contributed by atoms with E-state index in [4.69, 9.17) is 0 Å². The van der Waals surface area contributed by atoms with Crippen LogP contribution >= 0.6 is 0 Å². The highest BCUT2D eigenvalue weighted by Gasteiger charge is 2.14. The molecule has 1 aliphatic rings. The molecule has 2 amide bonds. The van der Waals surface area contributed by atoms with E-state index in [2.05, 4.69) is 34.7 Å². The fourth-order valence-electron chi connectivity index (χ4n) is 3.39. The summed E-state index contributed by atoms with van der Waals surface area (Å²) in [7, 11) is 2.12. The first-order valence-electron chi connectivity index (χ1n) is 8.55. The molecule has 4 heteroatoms. The van der Waals surface area contributed by atoms with E-state index in [1.165, 1.54) is 11.1 Å². The number of nitrogens with one attached hydrogen (secondary N) is 2. The molecule has 25 heavy (non-hydrogen) atoms. The molecule has 4 nitrogen and oxygen atoms in total. The molecule has 0 aromatic heterocycles. The Labute approximate surface area is 147 Å². The van der Waals surface area contributed by atoms with Gasteiger partial charge in [-0.25, -0.2) is 4.79 Å². The Morgan fingerprint density at radius 3 is 2.72 bits per heavy atom. The van der Waals surface area contributed by atoms with Gasteiger partial charge in [-0.2, -0.15) is 0 Å². The molecule has 3 aromatic carbocycles. The molecule has 0 fully saturated rings. The van der Waals surface area contributed by atoms with Gasteiger partial charge in [-0.15, -0.1) is 0 Å². The summed E-state index contributed by atoms with van der Waals surface area (Å²) in [4.78, 5) is 14.7. The Balaban J connectivity index is 1.51. The number of nitrogens with zero attached hydrogens (tertiary/aromatic N) is 1. The minimum absolute atomic E-state index is 0.222. The molecule has 0 atom stereocenters. The Hall–Kier alpha value is -2.85. The first-order chi connectivity index (χ1) is 12.2. The molecule has 0 spiro atoms. The van der Waals surface area contributed by atoms with E-state index in [1.807, 2.05) is 48.5 Å². The third-order valence-corrected chi connectivity index (χ3v) is 4.71. The highest BCUT2D eigenvalue weighted by Crippen LogP contribution is 2.24. The normalized spacial score (nSPS) is 14.1. The van der Waals surface area contributed by atoms with Gasteiger partial charge >= 0.3 is 6.03 Å². The zero-order valence-corrected chi connectivity index (χ0v) is 14.3. The molecule has 0 saturated carbocycles. The van der Waals surface area contributed by atoms with Gasteiger partial charge in [-0.1, -0.05) is 42.5 Å². The summed E-state index contributed by atoms with van der Waals surface area (Å²) in [6.07, 6.45) is 1.06. The molecule has 0 bridgehead atoms. The number of likely N-dealkylation sites (N-methyl/N-ethyl adjacent to an activating group) is 1. The third-order valence-electron chi connectivity index (χ3n) is 4.71. The van der Waals surface area contributed by atoms with Crippen molar-refractivity contribution in [2.45, 2.75) is 13.0 Å². The van der Waals surface area contributed by atoms with Crippen LogP contribution in [0.2, 0.25) is 0 Å². The maximum atomic E-state index is 12.4. The van der Waals surface area contributed by atoms with Crippen molar-refractivity contribution in [3.8, 4) is 0 Å². The monoisotopic (exact) mass is 331 g/mol. The van der Waals surface area contributed by atoms with Crippen LogP contribution in [0.15, 0.2) is 60.7 Å². The van der Waals surface area contributed by atoms with Gasteiger partial charge in [0, 0.05) is 24.2 Å². The minimum atomic E-state index is -0.222. The van der Waals surface area contributed by atoms with Crippen molar-refractivity contribution in [2.75, 3.05) is 24.2 Å². The average molecular weight is 331 g/mol. The third kappa shape index (κ3) is 3.35. The lowest BCUT2D eigenvalue weighted by molar-refractivity contribution is 0.262. The number of urea groups is 1. The van der Waals surface area contributed by atoms with Crippen LogP contribution in [0.5, 0.6) is 0 Å². The number of hydrogen-bond donors (Lipinski definition) is 2. The average Bonchev–Trinajstić information content (AvgIpc) is 2.61. The van der Waals surface area contributed by atoms with Gasteiger partial charge in [0.2, 0.25) is 0 Å². The van der Waals surface area contributed by atoms with E-state index in [9.17, 15) is 4.79 Å². The second kappa shape index (κ2) is 6.57. The van der Waals surface area contributed by atoms with Crippen LogP contribution in [0.1, 0.15) is 11.1 Å². The summed E-state index contributed by atoms with van der Waals surface area (Å²) in [6.45, 7) is 2.01. The number of carbonyl (C=O) groups excluding carboxylic acids is 1. The number of rotatable bonds is 2. The second-order valence-electron chi connectivity index (χ2n) is 6.58. The molecule has 126 valence electrons. The van der Waals surface area contributed by atoms with E-state index < -0.39 is 0 Å². The van der Waals surface area contributed by atoms with Gasteiger partial charge in [-0.05, 0) is 48.2 Å². The van der Waals surface area contributed by atoms with Gasteiger partial charge in [0.05, 0.1) is 5.69 Å². The van der Waals surface area contributed by atoms with E-state index in [0.29, 0.717) is 0 Å². The number of benzene rings is 3. The van der Waals surface area contributed by atoms with Crippen molar-refractivity contribution in [1.29, 1.82) is 0 Å². The first-order valence-corrected chi connectivity index (χ1v) is 8.55. The van der Waals surface area contributed by atoms with Crippen LogP contribution in [0.3, 0.4) is 0 Å². The number of hydrogen-bond acceptors (Lipinski definition) is 2. The number of amides is 2. The van der Waals surface area contributed by atoms with Crippen molar-refractivity contribution in [1.82, 2.24) is 4.90 Å². The standard InChI is InChI=1S/C21H21N3O/c1-24-12-11-15-9-10-18(13-17(15)14-24)22-21(25)23-20-8-4-6-16-5-2-3-7-19(16)20/h2-10,13H,11-12,14H2,1H3,(H2,22,23,25). The highest BCUT2D eigenvalue weighted by molar-refractivity contribution is 6.06. The molecule has 1 aliphatic heterocycles. The largest absolute Gasteiger partial charge is 0.323 e. The van der Waals surface area contributed by atoms with E-state index in [1.54, 1.807) is 0 Å². The Kier molecular flexibility index (Phi) is 4.12. The summed E-state index contributed by atoms with van der Waals surface area (Å²) < 4.78 is 0. The number of fused-ring (bicyclic) bond motifs is 2. The van der Waals surface area contributed by atoms with Crippen LogP contribution in [0, 0.1) is 0 Å². The van der Waals surface area contributed by atoms with Crippen LogP contribution < -0.4 is 10.6 Å². The maximum Gasteiger partial charge on any atom is 0.323 e. The summed E-state index contributed by atoms with van der Waals surface area (Å²) in [5.74, 6) is 0. The smallest absolute Gasteiger partial charge is 0.308 e. The van der Waals surface area contributed by atoms with Crippen molar-refractivity contribution < 1.29 is 4.79 Å². The number of carbonyl (C=O) groups is 1. The molecule has 4 rings (SSSR count). The zero-order chi connectivity index (χ0) is 17.2. The van der Waals surface area contributed by atoms with Crippen molar-refractivity contribution in [3.05, 3.63) is 71.8 Å². The van der Waals surface area contributed by atoms with Crippen molar-refractivity contribution in [3.63, 3.8) is 0 Å². The molecule has 2 N–H and O–H groups in total. The molecule has 0 saturated heterocycles. The van der Waals surface area contributed by atoms with Crippen LogP contribution in [0.25, 0.3) is 10.8 Å². The predicted octanol–water partition coefficient (Wildman–Crippen LogP) is 4.47. The summed E-state index contributed by atoms with van der Waals surface area (Å²) in [5.41, 5.74) is 4.30. The molecule has 1 heterocycles. The van der Waals surface area contributed by atoms with E-state index in [-0.39, 0.29) is 6.03 Å². The molecular weight excluding hydrogens is 310 g/mol. The Bertz CT molecular complexity index is 930. The highest BCUT2D eigenvalue weighted by atomic mass is 16.2. The molecule has 3 aromatic rings. The maximum absolute atomic E-state index is 12.4. The van der Waals surface area contributed by atoms with Gasteiger partial charge < -0.3 is 15.5 Å². The Morgan fingerprint density at radius 1 is 0.960 bits per heavy atom. The minimum Gasteiger partial charge on any atom is -0.308 e. The van der Waals surface area contributed by atoms with Crippen LogP contribution in [-0.4, -0.2) is 24.5 Å². The van der Waals surface area contributed by atoms with Crippen LogP contribution in [-0.2, 0) is 13.0 Å². The van der Waals surface area contributed by atoms with E-state index >= 15 is 0 Å². The lowest BCUT2D eigenvalue weighted by Gasteiger charge is -2.25. The van der Waals surface area contributed by atoms with E-state index in [0.717, 1.165) is 41.7 Å². The lowest BCUT2D eigenvalue weighted by atomic mass is 9.99. The van der Waals surface area contributed by atoms with Crippen molar-refractivity contribution in [2.24, 2.45) is 0 Å². The van der Waals surface area contributed by atoms with Crippen LogP contribution in [0.4, 0.5) is 16.2 Å². The summed E-state index contributed by atoms with van der Waals surface area (Å²) in [6, 6.07) is 19.9. The van der Waals surface area contributed by atoms with Crippen molar-refractivity contribution >= 4 is 28.2 Å². The van der Waals surface area contributed by atoms with Gasteiger partial charge in [0.15, 0.2) is 0 Å². The molecule has 0 radical (unpaired) electrons. The van der Waals surface area contributed by atoms with Gasteiger partial charge in [0.25, 0.3) is 0 Å². The molecule has 0 aliphatic carbocycles. The quantitative estimate of drug-likeness (QED) is 0.727. The van der Waals surface area contributed by atoms with Gasteiger partial charge in [-0.3, -0.25) is 0 Å². The summed E-state index contributed by atoms with van der Waals surface area (Å²) >= 11 is 0. The fourth-order valence-corrected chi connectivity index (χ4v) is 3.39. The fraction of sp³-hybridized carbons (Fsp3) is 0.190. The molecular formula is C21H21N3O. The topological polar surface area (TPSA) is 44.4 Å². The summed E-state index contributed by atoms with van der Waals surface area (Å²) in [5, 5.41) is 8.06. The predicted molar refractivity (Wildman–Crippen MR) is 103 cm³/mol.